The smallest absolute Gasteiger partial charge is 0.287 e. The van der Waals surface area contributed by atoms with Crippen molar-refractivity contribution in [1.82, 2.24) is 15.5 Å². The fourth-order valence-corrected chi connectivity index (χ4v) is 1.34. The summed E-state index contributed by atoms with van der Waals surface area (Å²) in [6, 6.07) is 1.46. The van der Waals surface area contributed by atoms with E-state index in [2.05, 4.69) is 5.16 Å². The molecule has 0 saturated heterocycles. The lowest BCUT2D eigenvalue weighted by atomic mass is 10.3. The third kappa shape index (κ3) is 4.11. The van der Waals surface area contributed by atoms with Gasteiger partial charge in [-0.2, -0.15) is 0 Å². The third-order valence-corrected chi connectivity index (χ3v) is 2.13. The summed E-state index contributed by atoms with van der Waals surface area (Å²) in [5.41, 5.74) is 2.04. The maximum atomic E-state index is 11.1. The van der Waals surface area contributed by atoms with Gasteiger partial charge >= 0.3 is 0 Å². The van der Waals surface area contributed by atoms with Crippen LogP contribution < -0.4 is 11.3 Å². The first-order valence-corrected chi connectivity index (χ1v) is 5.12. The minimum Gasteiger partial charge on any atom is -0.395 e. The van der Waals surface area contributed by atoms with Crippen molar-refractivity contribution >= 4 is 5.91 Å². The average Bonchev–Trinajstić information content (AvgIpc) is 2.77. The fraction of sp³-hybridized carbons (Fsp3) is 0.556. The number of aliphatic hydroxyl groups excluding tert-OH is 2. The van der Waals surface area contributed by atoms with Gasteiger partial charge in [0.05, 0.1) is 19.8 Å². The molecule has 0 aliphatic heterocycles. The van der Waals surface area contributed by atoms with Gasteiger partial charge in [-0.05, 0) is 0 Å². The van der Waals surface area contributed by atoms with E-state index in [0.29, 0.717) is 25.4 Å². The van der Waals surface area contributed by atoms with E-state index in [1.54, 1.807) is 4.90 Å². The number of carbonyl (C=O) groups excluding carboxylic acids is 1. The van der Waals surface area contributed by atoms with Crippen molar-refractivity contribution in [3.8, 4) is 0 Å². The Hall–Kier alpha value is -1.48. The van der Waals surface area contributed by atoms with Gasteiger partial charge in [-0.3, -0.25) is 15.1 Å². The van der Waals surface area contributed by atoms with Crippen molar-refractivity contribution in [2.45, 2.75) is 6.54 Å². The molecule has 1 heterocycles. The van der Waals surface area contributed by atoms with Gasteiger partial charge in [0, 0.05) is 19.2 Å². The zero-order valence-corrected chi connectivity index (χ0v) is 9.30. The van der Waals surface area contributed by atoms with Crippen molar-refractivity contribution in [3.05, 3.63) is 17.5 Å². The van der Waals surface area contributed by atoms with Crippen LogP contribution in [-0.4, -0.2) is 52.5 Å². The number of aliphatic hydroxyl groups is 2. The second kappa shape index (κ2) is 6.97. The molecule has 0 atom stereocenters. The molecule has 8 nitrogen and oxygen atoms in total. The topological polar surface area (TPSA) is 125 Å². The predicted molar refractivity (Wildman–Crippen MR) is 57.6 cm³/mol. The summed E-state index contributed by atoms with van der Waals surface area (Å²) in [4.78, 5) is 12.9. The van der Waals surface area contributed by atoms with Crippen LogP contribution in [0.5, 0.6) is 0 Å². The molecule has 8 heteroatoms. The summed E-state index contributed by atoms with van der Waals surface area (Å²) in [6.45, 7) is 1.11. The lowest BCUT2D eigenvalue weighted by Gasteiger charge is -2.17. The summed E-state index contributed by atoms with van der Waals surface area (Å²) < 4.78 is 4.94. The maximum absolute atomic E-state index is 11.1. The molecule has 5 N–H and O–H groups in total. The molecule has 0 fully saturated rings. The Kier molecular flexibility index (Phi) is 5.57. The number of rotatable bonds is 7. The Labute approximate surface area is 98.0 Å². The zero-order valence-electron chi connectivity index (χ0n) is 9.30. The van der Waals surface area contributed by atoms with E-state index in [4.69, 9.17) is 20.6 Å². The molecular weight excluding hydrogens is 228 g/mol. The first-order valence-electron chi connectivity index (χ1n) is 5.12. The first-order chi connectivity index (χ1) is 8.21. The van der Waals surface area contributed by atoms with Crippen LogP contribution >= 0.6 is 0 Å². The number of hydrazine groups is 1. The standard InChI is InChI=1S/C9H16N4O4/c10-11-9(16)8-5-7(17-12-8)6-13(1-3-14)2-4-15/h5,14-15H,1-4,6,10H2,(H,11,16). The Bertz CT molecular complexity index is 349. The molecule has 1 aromatic rings. The Morgan fingerprint density at radius 2 is 2.12 bits per heavy atom. The summed E-state index contributed by atoms with van der Waals surface area (Å²) >= 11 is 0. The highest BCUT2D eigenvalue weighted by molar-refractivity contribution is 5.91. The van der Waals surface area contributed by atoms with Crippen LogP contribution in [0.15, 0.2) is 10.6 Å². The van der Waals surface area contributed by atoms with E-state index in [1.165, 1.54) is 6.07 Å². The highest BCUT2D eigenvalue weighted by Gasteiger charge is 2.13. The average molecular weight is 244 g/mol. The summed E-state index contributed by atoms with van der Waals surface area (Å²) in [7, 11) is 0. The van der Waals surface area contributed by atoms with Crippen molar-refractivity contribution in [3.63, 3.8) is 0 Å². The molecule has 1 aromatic heterocycles. The third-order valence-electron chi connectivity index (χ3n) is 2.13. The van der Waals surface area contributed by atoms with Gasteiger partial charge < -0.3 is 14.7 Å². The molecule has 0 saturated carbocycles. The number of nitrogens with one attached hydrogen (secondary N) is 1. The lowest BCUT2D eigenvalue weighted by Crippen LogP contribution is -2.30. The predicted octanol–water partition coefficient (Wildman–Crippen LogP) is -1.94. The van der Waals surface area contributed by atoms with Crippen molar-refractivity contribution in [2.24, 2.45) is 5.84 Å². The number of hydrogen-bond acceptors (Lipinski definition) is 7. The molecule has 0 bridgehead atoms. The van der Waals surface area contributed by atoms with Gasteiger partial charge in [-0.1, -0.05) is 5.16 Å². The van der Waals surface area contributed by atoms with E-state index < -0.39 is 5.91 Å². The van der Waals surface area contributed by atoms with Gasteiger partial charge in [-0.15, -0.1) is 0 Å². The van der Waals surface area contributed by atoms with Crippen LogP contribution in [0.25, 0.3) is 0 Å². The van der Waals surface area contributed by atoms with Crippen LogP contribution in [0.2, 0.25) is 0 Å². The van der Waals surface area contributed by atoms with E-state index >= 15 is 0 Å². The fourth-order valence-electron chi connectivity index (χ4n) is 1.34. The highest BCUT2D eigenvalue weighted by Crippen LogP contribution is 2.07. The normalized spacial score (nSPS) is 10.8. The van der Waals surface area contributed by atoms with Gasteiger partial charge in [0.25, 0.3) is 5.91 Å². The molecule has 0 unspecified atom stereocenters. The second-order valence-corrected chi connectivity index (χ2v) is 3.38. The van der Waals surface area contributed by atoms with Crippen LogP contribution in [-0.2, 0) is 6.54 Å². The Morgan fingerprint density at radius 3 is 2.65 bits per heavy atom. The summed E-state index contributed by atoms with van der Waals surface area (Å²) in [5, 5.41) is 21.2. The Morgan fingerprint density at radius 1 is 1.47 bits per heavy atom. The summed E-state index contributed by atoms with van der Waals surface area (Å²) in [5.74, 6) is 4.88. The molecule has 0 aliphatic rings. The molecule has 96 valence electrons. The number of amides is 1. The van der Waals surface area contributed by atoms with Gasteiger partial charge in [0.2, 0.25) is 0 Å². The highest BCUT2D eigenvalue weighted by atomic mass is 16.5. The minimum absolute atomic E-state index is 0.0235. The number of aromatic nitrogens is 1. The van der Waals surface area contributed by atoms with E-state index in [-0.39, 0.29) is 18.9 Å². The van der Waals surface area contributed by atoms with Gasteiger partial charge in [0.1, 0.15) is 0 Å². The minimum atomic E-state index is -0.532. The molecule has 17 heavy (non-hydrogen) atoms. The molecule has 0 radical (unpaired) electrons. The SMILES string of the molecule is NNC(=O)c1cc(CN(CCO)CCO)on1. The summed E-state index contributed by atoms with van der Waals surface area (Å²) in [6.07, 6.45) is 0. The van der Waals surface area contributed by atoms with Gasteiger partial charge in [0.15, 0.2) is 11.5 Å². The van der Waals surface area contributed by atoms with E-state index in [1.807, 2.05) is 5.43 Å². The van der Waals surface area contributed by atoms with Crippen molar-refractivity contribution in [2.75, 3.05) is 26.3 Å². The molecule has 1 amide bonds. The van der Waals surface area contributed by atoms with Crippen LogP contribution in [0.4, 0.5) is 0 Å². The molecule has 0 aliphatic carbocycles. The van der Waals surface area contributed by atoms with Crippen LogP contribution in [0.3, 0.4) is 0 Å². The number of hydrogen-bond donors (Lipinski definition) is 4. The number of nitrogens with two attached hydrogens (primary N) is 1. The van der Waals surface area contributed by atoms with E-state index in [9.17, 15) is 4.79 Å². The van der Waals surface area contributed by atoms with Crippen molar-refractivity contribution in [1.29, 1.82) is 0 Å². The van der Waals surface area contributed by atoms with E-state index in [0.717, 1.165) is 0 Å². The molecular formula is C9H16N4O4. The van der Waals surface area contributed by atoms with Crippen LogP contribution in [0.1, 0.15) is 16.2 Å². The molecule has 0 aromatic carbocycles. The molecule has 0 spiro atoms. The monoisotopic (exact) mass is 244 g/mol. The van der Waals surface area contributed by atoms with Gasteiger partial charge in [-0.25, -0.2) is 5.84 Å². The number of carbonyl (C=O) groups is 1. The Balaban J connectivity index is 2.60. The first kappa shape index (κ1) is 13.6. The zero-order chi connectivity index (χ0) is 12.7. The van der Waals surface area contributed by atoms with Crippen molar-refractivity contribution < 1.29 is 19.5 Å². The number of nitrogens with zero attached hydrogens (tertiary/aromatic N) is 2. The second-order valence-electron chi connectivity index (χ2n) is 3.38. The van der Waals surface area contributed by atoms with Crippen LogP contribution in [0, 0.1) is 0 Å². The number of nitrogen functional groups attached to an aromatic ring is 1. The quantitative estimate of drug-likeness (QED) is 0.250. The largest absolute Gasteiger partial charge is 0.395 e. The lowest BCUT2D eigenvalue weighted by molar-refractivity contribution is 0.0944. The maximum Gasteiger partial charge on any atom is 0.287 e. The molecule has 1 rings (SSSR count).